The second-order valence-electron chi connectivity index (χ2n) is 6.37. The zero-order valence-corrected chi connectivity index (χ0v) is 18.5. The average Bonchev–Trinajstić information content (AvgIpc) is 2.70. The molecule has 0 unspecified atom stereocenters. The van der Waals surface area contributed by atoms with Crippen LogP contribution in [0.3, 0.4) is 0 Å². The highest BCUT2D eigenvalue weighted by atomic mass is 79.9. The number of rotatable bonds is 6. The molecule has 152 valence electrons. The smallest absolute Gasteiger partial charge is 0.276 e. The number of nitrogens with one attached hydrogen (secondary N) is 3. The molecule has 0 atom stereocenters. The van der Waals surface area contributed by atoms with Gasteiger partial charge in [-0.2, -0.15) is 0 Å². The van der Waals surface area contributed by atoms with E-state index < -0.39 is 11.8 Å². The number of ether oxygens (including phenoxy) is 1. The summed E-state index contributed by atoms with van der Waals surface area (Å²) in [6, 6.07) is 15.1. The van der Waals surface area contributed by atoms with Crippen molar-refractivity contribution in [2.75, 3.05) is 6.61 Å². The van der Waals surface area contributed by atoms with Gasteiger partial charge in [0.2, 0.25) is 5.91 Å². The van der Waals surface area contributed by atoms with Gasteiger partial charge in [-0.1, -0.05) is 50.2 Å². The van der Waals surface area contributed by atoms with Crippen LogP contribution in [0.1, 0.15) is 30.9 Å². The highest BCUT2D eigenvalue weighted by Gasteiger charge is 2.09. The lowest BCUT2D eigenvalue weighted by Crippen LogP contribution is -2.49. The molecular formula is C21H22BrN3O3S. The van der Waals surface area contributed by atoms with Crippen LogP contribution in [0.2, 0.25) is 0 Å². The molecule has 0 aliphatic carbocycles. The van der Waals surface area contributed by atoms with Crippen molar-refractivity contribution in [2.45, 2.75) is 19.8 Å². The second kappa shape index (κ2) is 11.3. The fourth-order valence-electron chi connectivity index (χ4n) is 2.22. The van der Waals surface area contributed by atoms with E-state index in [9.17, 15) is 9.59 Å². The molecule has 0 heterocycles. The second-order valence-corrected chi connectivity index (χ2v) is 7.63. The van der Waals surface area contributed by atoms with E-state index in [2.05, 4.69) is 45.9 Å². The van der Waals surface area contributed by atoms with Crippen LogP contribution in [0.4, 0.5) is 0 Å². The molecule has 6 nitrogen and oxygen atoms in total. The maximum Gasteiger partial charge on any atom is 0.276 e. The van der Waals surface area contributed by atoms with E-state index in [-0.39, 0.29) is 11.7 Å². The van der Waals surface area contributed by atoms with Crippen LogP contribution >= 0.6 is 28.1 Å². The summed E-state index contributed by atoms with van der Waals surface area (Å²) in [4.78, 5) is 23.7. The molecule has 2 amide bonds. The number of carbonyl (C=O) groups excluding carboxylic acids is 2. The Hall–Kier alpha value is -2.71. The Morgan fingerprint density at radius 2 is 1.86 bits per heavy atom. The highest BCUT2D eigenvalue weighted by Crippen LogP contribution is 2.28. The molecule has 0 bridgehead atoms. The molecule has 2 aromatic carbocycles. The summed E-state index contributed by atoms with van der Waals surface area (Å²) in [5.41, 5.74) is 6.89. The first kappa shape index (κ1) is 22.6. The van der Waals surface area contributed by atoms with Gasteiger partial charge in [-0.3, -0.25) is 25.8 Å². The van der Waals surface area contributed by atoms with Gasteiger partial charge in [0.15, 0.2) is 11.7 Å². The maximum absolute atomic E-state index is 11.9. The summed E-state index contributed by atoms with van der Waals surface area (Å²) in [5, 5.41) is 2.41. The number of hydrazine groups is 1. The zero-order chi connectivity index (χ0) is 21.2. The minimum absolute atomic E-state index is 0.0245. The monoisotopic (exact) mass is 475 g/mol. The third-order valence-electron chi connectivity index (χ3n) is 3.76. The van der Waals surface area contributed by atoms with Gasteiger partial charge in [-0.05, 0) is 63.4 Å². The van der Waals surface area contributed by atoms with Crippen molar-refractivity contribution >= 4 is 51.2 Å². The standard InChI is InChI=1S/C21H22BrN3O3S/c1-14(2)16-9-10-18(17(22)12-16)28-13-20(27)24-25-21(29)23-19(26)11-8-15-6-4-3-5-7-15/h3-12,14H,13H2,1-2H3,(H,24,27)(H2,23,25,26,29)/b11-8+. The molecule has 0 aliphatic rings. The number of hydrogen-bond donors (Lipinski definition) is 3. The number of amides is 2. The number of hydrogen-bond acceptors (Lipinski definition) is 4. The molecule has 0 saturated carbocycles. The van der Waals surface area contributed by atoms with Gasteiger partial charge in [0.25, 0.3) is 5.91 Å². The fourth-order valence-corrected chi connectivity index (χ4v) is 2.88. The van der Waals surface area contributed by atoms with Crippen LogP contribution in [0.25, 0.3) is 6.08 Å². The van der Waals surface area contributed by atoms with Gasteiger partial charge in [0.1, 0.15) is 5.75 Å². The van der Waals surface area contributed by atoms with Crippen LogP contribution in [-0.2, 0) is 9.59 Å². The topological polar surface area (TPSA) is 79.5 Å². The van der Waals surface area contributed by atoms with E-state index in [1.807, 2.05) is 48.5 Å². The predicted molar refractivity (Wildman–Crippen MR) is 121 cm³/mol. The van der Waals surface area contributed by atoms with Crippen LogP contribution in [0.5, 0.6) is 5.75 Å². The third kappa shape index (κ3) is 8.05. The number of benzene rings is 2. The maximum atomic E-state index is 11.9. The van der Waals surface area contributed by atoms with Crippen LogP contribution < -0.4 is 20.9 Å². The molecule has 0 aliphatic heterocycles. The van der Waals surface area contributed by atoms with E-state index in [0.717, 1.165) is 15.6 Å². The Labute approximate surface area is 183 Å². The molecule has 2 rings (SSSR count). The third-order valence-corrected chi connectivity index (χ3v) is 4.58. The van der Waals surface area contributed by atoms with Crippen molar-refractivity contribution in [1.82, 2.24) is 16.2 Å². The van der Waals surface area contributed by atoms with E-state index in [1.165, 1.54) is 6.08 Å². The summed E-state index contributed by atoms with van der Waals surface area (Å²) >= 11 is 8.42. The Bertz CT molecular complexity index is 901. The molecule has 8 heteroatoms. The SMILES string of the molecule is CC(C)c1ccc(OCC(=O)NNC(=S)NC(=O)/C=C/c2ccccc2)c(Br)c1. The van der Waals surface area contributed by atoms with E-state index in [4.69, 9.17) is 17.0 Å². The number of carbonyl (C=O) groups is 2. The van der Waals surface area contributed by atoms with Gasteiger partial charge in [0.05, 0.1) is 4.47 Å². The lowest BCUT2D eigenvalue weighted by Gasteiger charge is -2.12. The first-order valence-electron chi connectivity index (χ1n) is 8.90. The Kier molecular flexibility index (Phi) is 8.82. The van der Waals surface area contributed by atoms with Crippen molar-refractivity contribution in [1.29, 1.82) is 0 Å². The van der Waals surface area contributed by atoms with Crippen LogP contribution in [0, 0.1) is 0 Å². The van der Waals surface area contributed by atoms with Crippen molar-refractivity contribution < 1.29 is 14.3 Å². The van der Waals surface area contributed by atoms with Crippen molar-refractivity contribution in [2.24, 2.45) is 0 Å². The average molecular weight is 476 g/mol. The van der Waals surface area contributed by atoms with E-state index in [1.54, 1.807) is 6.08 Å². The first-order chi connectivity index (χ1) is 13.8. The van der Waals surface area contributed by atoms with Crippen LogP contribution in [0.15, 0.2) is 59.1 Å². The van der Waals surface area contributed by atoms with Crippen molar-refractivity contribution in [3.05, 3.63) is 70.2 Å². The lowest BCUT2D eigenvalue weighted by molar-refractivity contribution is -0.123. The van der Waals surface area contributed by atoms with Crippen molar-refractivity contribution in [3.63, 3.8) is 0 Å². The molecule has 0 spiro atoms. The van der Waals surface area contributed by atoms with E-state index >= 15 is 0 Å². The fraction of sp³-hybridized carbons (Fsp3) is 0.190. The van der Waals surface area contributed by atoms with Crippen molar-refractivity contribution in [3.8, 4) is 5.75 Å². The number of thiocarbonyl (C=S) groups is 1. The normalized spacial score (nSPS) is 10.6. The predicted octanol–water partition coefficient (Wildman–Crippen LogP) is 3.69. The Morgan fingerprint density at radius 3 is 2.52 bits per heavy atom. The number of halogens is 1. The summed E-state index contributed by atoms with van der Waals surface area (Å²) in [5.74, 6) is 0.102. The van der Waals surface area contributed by atoms with Gasteiger partial charge in [-0.15, -0.1) is 0 Å². The highest BCUT2D eigenvalue weighted by molar-refractivity contribution is 9.10. The summed E-state index contributed by atoms with van der Waals surface area (Å²) in [6.45, 7) is 3.98. The molecule has 0 aromatic heterocycles. The van der Waals surface area contributed by atoms with Gasteiger partial charge < -0.3 is 4.74 Å². The molecule has 29 heavy (non-hydrogen) atoms. The molecule has 3 N–H and O–H groups in total. The lowest BCUT2D eigenvalue weighted by atomic mass is 10.0. The molecule has 2 aromatic rings. The quantitative estimate of drug-likeness (QED) is 0.337. The first-order valence-corrected chi connectivity index (χ1v) is 10.1. The minimum Gasteiger partial charge on any atom is -0.483 e. The summed E-state index contributed by atoms with van der Waals surface area (Å²) in [7, 11) is 0. The van der Waals surface area contributed by atoms with Crippen LogP contribution in [-0.4, -0.2) is 23.5 Å². The summed E-state index contributed by atoms with van der Waals surface area (Å²) < 4.78 is 6.27. The molecule has 0 radical (unpaired) electrons. The Balaban J connectivity index is 1.72. The molecular weight excluding hydrogens is 454 g/mol. The van der Waals surface area contributed by atoms with Gasteiger partial charge in [0, 0.05) is 6.08 Å². The van der Waals surface area contributed by atoms with Gasteiger partial charge in [-0.25, -0.2) is 0 Å². The largest absolute Gasteiger partial charge is 0.483 e. The molecule has 0 fully saturated rings. The minimum atomic E-state index is -0.443. The zero-order valence-electron chi connectivity index (χ0n) is 16.1. The summed E-state index contributed by atoms with van der Waals surface area (Å²) in [6.07, 6.45) is 3.01. The molecule has 0 saturated heterocycles. The van der Waals surface area contributed by atoms with E-state index in [0.29, 0.717) is 11.7 Å². The van der Waals surface area contributed by atoms with Gasteiger partial charge >= 0.3 is 0 Å². The Morgan fingerprint density at radius 1 is 1.14 bits per heavy atom.